The van der Waals surface area contributed by atoms with Gasteiger partial charge in [-0.1, -0.05) is 18.2 Å². The standard InChI is InChI=1S/C12H17Cl2NS/c1-12(9-13,10-14)15-7-8-16-11-5-3-2-4-6-11/h2-6,15H,7-10H2,1H3. The molecular weight excluding hydrogens is 261 g/mol. The Labute approximate surface area is 112 Å². The van der Waals surface area contributed by atoms with Gasteiger partial charge in [-0.15, -0.1) is 35.0 Å². The molecule has 0 saturated heterocycles. The molecule has 0 aromatic heterocycles. The maximum absolute atomic E-state index is 5.85. The van der Waals surface area contributed by atoms with Crippen molar-refractivity contribution in [3.63, 3.8) is 0 Å². The van der Waals surface area contributed by atoms with Crippen LogP contribution in [0.15, 0.2) is 35.2 Å². The number of hydrogen-bond acceptors (Lipinski definition) is 2. The van der Waals surface area contributed by atoms with Crippen LogP contribution in [0, 0.1) is 0 Å². The van der Waals surface area contributed by atoms with Crippen molar-refractivity contribution in [1.82, 2.24) is 5.32 Å². The van der Waals surface area contributed by atoms with E-state index in [0.717, 1.165) is 12.3 Å². The number of thioether (sulfide) groups is 1. The molecule has 0 amide bonds. The van der Waals surface area contributed by atoms with Crippen LogP contribution < -0.4 is 5.32 Å². The van der Waals surface area contributed by atoms with Crippen LogP contribution in [-0.2, 0) is 0 Å². The molecule has 0 unspecified atom stereocenters. The van der Waals surface area contributed by atoms with Gasteiger partial charge in [0.25, 0.3) is 0 Å². The van der Waals surface area contributed by atoms with Crippen LogP contribution in [-0.4, -0.2) is 29.6 Å². The second-order valence-corrected chi connectivity index (χ2v) is 5.62. The van der Waals surface area contributed by atoms with Crippen molar-refractivity contribution >= 4 is 35.0 Å². The molecule has 90 valence electrons. The third-order valence-electron chi connectivity index (χ3n) is 2.26. The van der Waals surface area contributed by atoms with E-state index in [0.29, 0.717) is 11.8 Å². The lowest BCUT2D eigenvalue weighted by Crippen LogP contribution is -2.46. The van der Waals surface area contributed by atoms with Crippen molar-refractivity contribution in [2.75, 3.05) is 24.1 Å². The molecule has 1 aromatic carbocycles. The SMILES string of the molecule is CC(CCl)(CCl)NCCSc1ccccc1. The summed E-state index contributed by atoms with van der Waals surface area (Å²) in [4.78, 5) is 1.29. The minimum atomic E-state index is -0.152. The third kappa shape index (κ3) is 4.96. The average Bonchev–Trinajstić information content (AvgIpc) is 2.36. The summed E-state index contributed by atoms with van der Waals surface area (Å²) in [6.07, 6.45) is 0. The third-order valence-corrected chi connectivity index (χ3v) is 4.45. The highest BCUT2D eigenvalue weighted by molar-refractivity contribution is 7.99. The molecule has 0 bridgehead atoms. The highest BCUT2D eigenvalue weighted by Gasteiger charge is 2.20. The second-order valence-electron chi connectivity index (χ2n) is 3.92. The topological polar surface area (TPSA) is 12.0 Å². The molecule has 16 heavy (non-hydrogen) atoms. The predicted molar refractivity (Wildman–Crippen MR) is 75.0 cm³/mol. The first-order valence-electron chi connectivity index (χ1n) is 5.25. The lowest BCUT2D eigenvalue weighted by molar-refractivity contribution is 0.452. The number of benzene rings is 1. The number of alkyl halides is 2. The molecular formula is C12H17Cl2NS. The van der Waals surface area contributed by atoms with Crippen molar-refractivity contribution in [3.8, 4) is 0 Å². The Bertz CT molecular complexity index is 288. The van der Waals surface area contributed by atoms with E-state index < -0.39 is 0 Å². The Morgan fingerprint density at radius 3 is 2.38 bits per heavy atom. The minimum absolute atomic E-state index is 0.152. The maximum Gasteiger partial charge on any atom is 0.0425 e. The molecule has 0 spiro atoms. The molecule has 0 aliphatic carbocycles. The molecule has 4 heteroatoms. The summed E-state index contributed by atoms with van der Waals surface area (Å²) in [5.41, 5.74) is -0.152. The van der Waals surface area contributed by atoms with E-state index >= 15 is 0 Å². The molecule has 1 N–H and O–H groups in total. The maximum atomic E-state index is 5.85. The second kappa shape index (κ2) is 7.44. The van der Waals surface area contributed by atoms with Crippen LogP contribution in [0.3, 0.4) is 0 Å². The summed E-state index contributed by atoms with van der Waals surface area (Å²) < 4.78 is 0. The quantitative estimate of drug-likeness (QED) is 0.464. The molecule has 0 radical (unpaired) electrons. The van der Waals surface area contributed by atoms with Crippen LogP contribution in [0.25, 0.3) is 0 Å². The number of nitrogens with one attached hydrogen (secondary N) is 1. The molecule has 1 aromatic rings. The van der Waals surface area contributed by atoms with Gasteiger partial charge in [0.2, 0.25) is 0 Å². The largest absolute Gasteiger partial charge is 0.308 e. The first-order chi connectivity index (χ1) is 7.70. The molecule has 1 rings (SSSR count). The average molecular weight is 278 g/mol. The van der Waals surface area contributed by atoms with Crippen molar-refractivity contribution in [2.45, 2.75) is 17.4 Å². The summed E-state index contributed by atoms with van der Waals surface area (Å²) in [6.45, 7) is 2.95. The van der Waals surface area contributed by atoms with Gasteiger partial charge in [-0.25, -0.2) is 0 Å². The normalized spacial score (nSPS) is 11.7. The summed E-state index contributed by atoms with van der Waals surface area (Å²) in [7, 11) is 0. The molecule has 0 aliphatic rings. The van der Waals surface area contributed by atoms with Gasteiger partial charge in [0.15, 0.2) is 0 Å². The fourth-order valence-corrected chi connectivity index (χ4v) is 2.43. The Morgan fingerprint density at radius 1 is 1.19 bits per heavy atom. The zero-order valence-electron chi connectivity index (χ0n) is 9.38. The fourth-order valence-electron chi connectivity index (χ4n) is 1.17. The van der Waals surface area contributed by atoms with Crippen molar-refractivity contribution in [3.05, 3.63) is 30.3 Å². The monoisotopic (exact) mass is 277 g/mol. The summed E-state index contributed by atoms with van der Waals surface area (Å²) in [5, 5.41) is 3.38. The predicted octanol–water partition coefficient (Wildman–Crippen LogP) is 3.60. The molecule has 0 heterocycles. The number of hydrogen-bond donors (Lipinski definition) is 1. The molecule has 0 aliphatic heterocycles. The number of rotatable bonds is 7. The Balaban J connectivity index is 2.22. The van der Waals surface area contributed by atoms with Gasteiger partial charge in [-0.05, 0) is 19.1 Å². The first-order valence-corrected chi connectivity index (χ1v) is 7.30. The highest BCUT2D eigenvalue weighted by Crippen LogP contribution is 2.16. The fraction of sp³-hybridized carbons (Fsp3) is 0.500. The van der Waals surface area contributed by atoms with Crippen molar-refractivity contribution in [2.24, 2.45) is 0 Å². The smallest absolute Gasteiger partial charge is 0.0425 e. The Kier molecular flexibility index (Phi) is 6.59. The van der Waals surface area contributed by atoms with Gasteiger partial charge < -0.3 is 5.32 Å². The van der Waals surface area contributed by atoms with E-state index in [-0.39, 0.29) is 5.54 Å². The zero-order valence-corrected chi connectivity index (χ0v) is 11.7. The van der Waals surface area contributed by atoms with Crippen LogP contribution in [0.1, 0.15) is 6.92 Å². The van der Waals surface area contributed by atoms with E-state index in [9.17, 15) is 0 Å². The lowest BCUT2D eigenvalue weighted by atomic mass is 10.1. The van der Waals surface area contributed by atoms with Gasteiger partial charge in [0, 0.05) is 34.5 Å². The minimum Gasteiger partial charge on any atom is -0.308 e. The summed E-state index contributed by atoms with van der Waals surface area (Å²) >= 11 is 13.5. The number of halogens is 2. The molecule has 0 fully saturated rings. The van der Waals surface area contributed by atoms with E-state index in [1.165, 1.54) is 4.90 Å². The Hall–Kier alpha value is 0.110. The van der Waals surface area contributed by atoms with Crippen LogP contribution in [0.5, 0.6) is 0 Å². The molecule has 0 saturated carbocycles. The van der Waals surface area contributed by atoms with E-state index in [2.05, 4.69) is 29.6 Å². The van der Waals surface area contributed by atoms with E-state index in [4.69, 9.17) is 23.2 Å². The van der Waals surface area contributed by atoms with Gasteiger partial charge >= 0.3 is 0 Å². The lowest BCUT2D eigenvalue weighted by Gasteiger charge is -2.25. The van der Waals surface area contributed by atoms with Crippen LogP contribution in [0.4, 0.5) is 0 Å². The van der Waals surface area contributed by atoms with Gasteiger partial charge in [-0.2, -0.15) is 0 Å². The molecule has 1 nitrogen and oxygen atoms in total. The van der Waals surface area contributed by atoms with E-state index in [1.807, 2.05) is 24.8 Å². The zero-order chi connectivity index (χ0) is 11.9. The molecule has 0 atom stereocenters. The Morgan fingerprint density at radius 2 is 1.81 bits per heavy atom. The van der Waals surface area contributed by atoms with E-state index in [1.54, 1.807) is 0 Å². The van der Waals surface area contributed by atoms with Gasteiger partial charge in [0.05, 0.1) is 0 Å². The van der Waals surface area contributed by atoms with Crippen LogP contribution >= 0.6 is 35.0 Å². The first kappa shape index (κ1) is 14.2. The van der Waals surface area contributed by atoms with Crippen molar-refractivity contribution in [1.29, 1.82) is 0 Å². The summed E-state index contributed by atoms with van der Waals surface area (Å²) in [5.74, 6) is 2.09. The van der Waals surface area contributed by atoms with Crippen molar-refractivity contribution < 1.29 is 0 Å². The summed E-state index contributed by atoms with van der Waals surface area (Å²) in [6, 6.07) is 10.4. The highest BCUT2D eigenvalue weighted by atomic mass is 35.5. The van der Waals surface area contributed by atoms with Gasteiger partial charge in [-0.3, -0.25) is 0 Å². The van der Waals surface area contributed by atoms with Gasteiger partial charge in [0.1, 0.15) is 0 Å². The van der Waals surface area contributed by atoms with Crippen LogP contribution in [0.2, 0.25) is 0 Å².